The Balaban J connectivity index is 1.43. The first-order valence-electron chi connectivity index (χ1n) is 7.68. The van der Waals surface area contributed by atoms with Gasteiger partial charge in [0, 0.05) is 16.9 Å². The summed E-state index contributed by atoms with van der Waals surface area (Å²) in [7, 11) is 0. The van der Waals surface area contributed by atoms with E-state index in [2.05, 4.69) is 27.6 Å². The average molecular weight is 339 g/mol. The van der Waals surface area contributed by atoms with E-state index in [1.165, 1.54) is 4.90 Å². The molecule has 0 aliphatic heterocycles. The molecule has 0 bridgehead atoms. The molecule has 0 saturated heterocycles. The summed E-state index contributed by atoms with van der Waals surface area (Å²) < 4.78 is 5.46. The minimum Gasteiger partial charge on any atom is -0.403 e. The Morgan fingerprint density at radius 3 is 2.46 bits per heavy atom. The third kappa shape index (κ3) is 4.70. The van der Waals surface area contributed by atoms with E-state index in [4.69, 9.17) is 4.42 Å². The molecule has 1 amide bonds. The van der Waals surface area contributed by atoms with Crippen molar-refractivity contribution in [3.63, 3.8) is 0 Å². The summed E-state index contributed by atoms with van der Waals surface area (Å²) >= 11 is 1.74. The lowest BCUT2D eigenvalue weighted by Gasteiger charge is -2.02. The van der Waals surface area contributed by atoms with Crippen molar-refractivity contribution >= 4 is 23.7 Å². The molecule has 1 aromatic heterocycles. The van der Waals surface area contributed by atoms with Crippen molar-refractivity contribution in [2.75, 3.05) is 11.1 Å². The highest BCUT2D eigenvalue weighted by atomic mass is 32.2. The molecule has 0 unspecified atom stereocenters. The molecule has 122 valence electrons. The second kappa shape index (κ2) is 8.31. The summed E-state index contributed by atoms with van der Waals surface area (Å²) in [6, 6.07) is 19.7. The fourth-order valence-electron chi connectivity index (χ4n) is 2.09. The Labute approximate surface area is 144 Å². The van der Waals surface area contributed by atoms with Gasteiger partial charge in [-0.2, -0.15) is 0 Å². The fourth-order valence-corrected chi connectivity index (χ4v) is 2.97. The van der Waals surface area contributed by atoms with Crippen LogP contribution in [0.15, 0.2) is 70.0 Å². The van der Waals surface area contributed by atoms with Crippen LogP contribution in [-0.2, 0) is 4.79 Å². The third-order valence-corrected chi connectivity index (χ3v) is 4.35. The van der Waals surface area contributed by atoms with Crippen LogP contribution in [0, 0.1) is 0 Å². The Hall–Kier alpha value is -2.60. The van der Waals surface area contributed by atoms with E-state index < -0.39 is 0 Å². The number of amides is 1. The van der Waals surface area contributed by atoms with Gasteiger partial charge in [0.1, 0.15) is 0 Å². The summed E-state index contributed by atoms with van der Waals surface area (Å²) in [5, 5.41) is 10.4. The van der Waals surface area contributed by atoms with Crippen LogP contribution in [0.2, 0.25) is 0 Å². The molecule has 24 heavy (non-hydrogen) atoms. The third-order valence-electron chi connectivity index (χ3n) is 3.25. The van der Waals surface area contributed by atoms with E-state index in [1.807, 2.05) is 48.5 Å². The molecule has 0 aliphatic carbocycles. The van der Waals surface area contributed by atoms with Gasteiger partial charge in [0.05, 0.1) is 0 Å². The maximum atomic E-state index is 11.9. The van der Waals surface area contributed by atoms with Gasteiger partial charge in [0.2, 0.25) is 11.8 Å². The second-order valence-electron chi connectivity index (χ2n) is 5.09. The van der Waals surface area contributed by atoms with Crippen molar-refractivity contribution in [3.05, 3.63) is 60.7 Å². The summed E-state index contributed by atoms with van der Waals surface area (Å²) in [6.07, 6.45) is 1.20. The molecule has 0 atom stereocenters. The molecule has 6 heteroatoms. The number of hydrogen-bond acceptors (Lipinski definition) is 5. The van der Waals surface area contributed by atoms with Gasteiger partial charge in [-0.1, -0.05) is 41.5 Å². The number of aromatic nitrogens is 2. The van der Waals surface area contributed by atoms with Crippen molar-refractivity contribution in [1.29, 1.82) is 0 Å². The normalized spacial score (nSPS) is 10.5. The average Bonchev–Trinajstić information content (AvgIpc) is 3.09. The Kier molecular flexibility index (Phi) is 5.63. The first-order chi connectivity index (χ1) is 11.8. The predicted molar refractivity (Wildman–Crippen MR) is 94.8 cm³/mol. The van der Waals surface area contributed by atoms with Crippen LogP contribution >= 0.6 is 11.8 Å². The van der Waals surface area contributed by atoms with Crippen LogP contribution < -0.4 is 5.32 Å². The van der Waals surface area contributed by atoms with Crippen molar-refractivity contribution in [2.24, 2.45) is 0 Å². The molecule has 5 nitrogen and oxygen atoms in total. The number of nitrogens with zero attached hydrogens (tertiary/aromatic N) is 2. The number of hydrogen-bond donors (Lipinski definition) is 1. The molecule has 3 rings (SSSR count). The lowest BCUT2D eigenvalue weighted by atomic mass is 10.2. The number of anilines is 1. The molecule has 3 aromatic rings. The van der Waals surface area contributed by atoms with E-state index >= 15 is 0 Å². The molecule has 1 heterocycles. The fraction of sp³-hybridized carbons (Fsp3) is 0.167. The number of thioether (sulfide) groups is 1. The Bertz CT molecular complexity index is 775. The quantitative estimate of drug-likeness (QED) is 0.515. The molecule has 2 aromatic carbocycles. The Morgan fingerprint density at radius 2 is 1.71 bits per heavy atom. The first kappa shape index (κ1) is 16.3. The van der Waals surface area contributed by atoms with Gasteiger partial charge >= 0.3 is 6.01 Å². The predicted octanol–water partition coefficient (Wildman–Crippen LogP) is 4.25. The highest BCUT2D eigenvalue weighted by Gasteiger charge is 2.10. The molecule has 0 fully saturated rings. The highest BCUT2D eigenvalue weighted by Crippen LogP contribution is 2.20. The molecule has 0 saturated carbocycles. The first-order valence-corrected chi connectivity index (χ1v) is 8.66. The van der Waals surface area contributed by atoms with Crippen LogP contribution in [0.3, 0.4) is 0 Å². The van der Waals surface area contributed by atoms with Crippen LogP contribution in [0.25, 0.3) is 11.5 Å². The lowest BCUT2D eigenvalue weighted by Crippen LogP contribution is -2.11. The Morgan fingerprint density at radius 1 is 1.00 bits per heavy atom. The zero-order valence-electron chi connectivity index (χ0n) is 13.0. The van der Waals surface area contributed by atoms with Gasteiger partial charge in [-0.15, -0.1) is 16.9 Å². The standard InChI is InChI=1S/C18H17N3O2S/c22-16(12-7-13-24-15-10-5-2-6-11-15)19-18-21-20-17(23-18)14-8-3-1-4-9-14/h1-6,8-11H,7,12-13H2,(H,19,21,22). The van der Waals surface area contributed by atoms with Crippen LogP contribution in [0.5, 0.6) is 0 Å². The van der Waals surface area contributed by atoms with Gasteiger partial charge in [-0.05, 0) is 36.4 Å². The van der Waals surface area contributed by atoms with Crippen molar-refractivity contribution in [1.82, 2.24) is 10.2 Å². The van der Waals surface area contributed by atoms with E-state index in [9.17, 15) is 4.79 Å². The maximum absolute atomic E-state index is 11.9. The van der Waals surface area contributed by atoms with Gasteiger partial charge < -0.3 is 4.42 Å². The second-order valence-corrected chi connectivity index (χ2v) is 6.26. The number of carbonyl (C=O) groups excluding carboxylic acids is 1. The number of rotatable bonds is 7. The summed E-state index contributed by atoms with van der Waals surface area (Å²) in [6.45, 7) is 0. The summed E-state index contributed by atoms with van der Waals surface area (Å²) in [5.41, 5.74) is 0.824. The summed E-state index contributed by atoms with van der Waals surface area (Å²) in [5.74, 6) is 1.16. The molecule has 0 radical (unpaired) electrons. The van der Waals surface area contributed by atoms with Gasteiger partial charge in [-0.3, -0.25) is 10.1 Å². The molecular weight excluding hydrogens is 322 g/mol. The maximum Gasteiger partial charge on any atom is 0.322 e. The minimum atomic E-state index is -0.119. The molecule has 1 N–H and O–H groups in total. The van der Waals surface area contributed by atoms with Crippen LogP contribution in [-0.4, -0.2) is 21.9 Å². The van der Waals surface area contributed by atoms with Crippen LogP contribution in [0.1, 0.15) is 12.8 Å². The SMILES string of the molecule is O=C(CCCSc1ccccc1)Nc1nnc(-c2ccccc2)o1. The van der Waals surface area contributed by atoms with Gasteiger partial charge in [0.15, 0.2) is 0 Å². The highest BCUT2D eigenvalue weighted by molar-refractivity contribution is 7.99. The summed E-state index contributed by atoms with van der Waals surface area (Å²) in [4.78, 5) is 13.1. The van der Waals surface area contributed by atoms with Crippen LogP contribution in [0.4, 0.5) is 6.01 Å². The molecule has 0 aliphatic rings. The largest absolute Gasteiger partial charge is 0.403 e. The smallest absolute Gasteiger partial charge is 0.322 e. The lowest BCUT2D eigenvalue weighted by molar-refractivity contribution is -0.116. The van der Waals surface area contributed by atoms with Gasteiger partial charge in [0.25, 0.3) is 0 Å². The van der Waals surface area contributed by atoms with E-state index in [0.29, 0.717) is 12.3 Å². The van der Waals surface area contributed by atoms with E-state index in [-0.39, 0.29) is 11.9 Å². The molecule has 0 spiro atoms. The van der Waals surface area contributed by atoms with E-state index in [1.54, 1.807) is 11.8 Å². The topological polar surface area (TPSA) is 68.0 Å². The molecular formula is C18H17N3O2S. The van der Waals surface area contributed by atoms with Crippen molar-refractivity contribution in [2.45, 2.75) is 17.7 Å². The van der Waals surface area contributed by atoms with E-state index in [0.717, 1.165) is 17.7 Å². The zero-order valence-corrected chi connectivity index (χ0v) is 13.8. The minimum absolute atomic E-state index is 0.119. The van der Waals surface area contributed by atoms with Crippen molar-refractivity contribution < 1.29 is 9.21 Å². The number of carbonyl (C=O) groups is 1. The number of benzene rings is 2. The zero-order chi connectivity index (χ0) is 16.6. The monoisotopic (exact) mass is 339 g/mol. The van der Waals surface area contributed by atoms with Gasteiger partial charge in [-0.25, -0.2) is 0 Å². The van der Waals surface area contributed by atoms with Crippen molar-refractivity contribution in [3.8, 4) is 11.5 Å². The number of nitrogens with one attached hydrogen (secondary N) is 1.